The molecule has 0 fully saturated rings. The second-order valence-corrected chi connectivity index (χ2v) is 6.13. The first-order valence-electron chi connectivity index (χ1n) is 7.58. The third kappa shape index (κ3) is 4.36. The van der Waals surface area contributed by atoms with Crippen LogP contribution in [0.5, 0.6) is 0 Å². The topological polar surface area (TPSA) is 42.4 Å². The molecule has 0 bridgehead atoms. The summed E-state index contributed by atoms with van der Waals surface area (Å²) in [5, 5.41) is 0.671. The summed E-state index contributed by atoms with van der Waals surface area (Å²) in [5.41, 5.74) is 4.58. The standard InChI is InChI=1S/C19H21ClN2O2/c1-13-17(11-18(23)24-4)19(14-5-7-16(20)8-6-14)15(12-21-13)9-10-22(2)3/h5-10,12H,11H2,1-4H3/b10-9-. The van der Waals surface area contributed by atoms with Gasteiger partial charge < -0.3 is 9.64 Å². The van der Waals surface area contributed by atoms with Gasteiger partial charge in [0.1, 0.15) is 0 Å². The fourth-order valence-electron chi connectivity index (χ4n) is 2.41. The fraction of sp³-hybridized carbons (Fsp3) is 0.263. The first kappa shape index (κ1) is 18.0. The van der Waals surface area contributed by atoms with E-state index in [1.807, 2.05) is 68.7 Å². The number of esters is 1. The molecule has 1 aromatic carbocycles. The van der Waals surface area contributed by atoms with E-state index in [-0.39, 0.29) is 12.4 Å². The highest BCUT2D eigenvalue weighted by molar-refractivity contribution is 6.30. The number of nitrogens with zero attached hydrogens (tertiary/aromatic N) is 2. The number of aryl methyl sites for hydroxylation is 1. The Morgan fingerprint density at radius 3 is 2.54 bits per heavy atom. The molecule has 1 heterocycles. The van der Waals surface area contributed by atoms with Gasteiger partial charge in [0.25, 0.3) is 0 Å². The van der Waals surface area contributed by atoms with E-state index in [9.17, 15) is 4.79 Å². The van der Waals surface area contributed by atoms with Crippen molar-refractivity contribution in [3.63, 3.8) is 0 Å². The van der Waals surface area contributed by atoms with Gasteiger partial charge in [0.2, 0.25) is 0 Å². The third-order valence-corrected chi connectivity index (χ3v) is 3.91. The van der Waals surface area contributed by atoms with Crippen molar-refractivity contribution in [2.45, 2.75) is 13.3 Å². The van der Waals surface area contributed by atoms with Gasteiger partial charge in [-0.05, 0) is 48.0 Å². The zero-order chi connectivity index (χ0) is 17.7. The molecule has 1 aromatic heterocycles. The molecule has 0 aliphatic carbocycles. The molecule has 126 valence electrons. The van der Waals surface area contributed by atoms with Crippen LogP contribution in [0.3, 0.4) is 0 Å². The fourth-order valence-corrected chi connectivity index (χ4v) is 2.54. The summed E-state index contributed by atoms with van der Waals surface area (Å²) in [4.78, 5) is 18.2. The van der Waals surface area contributed by atoms with Gasteiger partial charge in [0.15, 0.2) is 0 Å². The minimum absolute atomic E-state index is 0.178. The van der Waals surface area contributed by atoms with Crippen molar-refractivity contribution in [3.05, 3.63) is 58.5 Å². The third-order valence-electron chi connectivity index (χ3n) is 3.66. The predicted molar refractivity (Wildman–Crippen MR) is 97.9 cm³/mol. The van der Waals surface area contributed by atoms with Gasteiger partial charge in [-0.25, -0.2) is 0 Å². The molecule has 0 spiro atoms. The van der Waals surface area contributed by atoms with Crippen LogP contribution < -0.4 is 0 Å². The Bertz CT molecular complexity index is 753. The van der Waals surface area contributed by atoms with E-state index in [0.29, 0.717) is 5.02 Å². The second kappa shape index (κ2) is 7.97. The Morgan fingerprint density at radius 2 is 1.96 bits per heavy atom. The molecule has 2 aromatic rings. The molecule has 0 unspecified atom stereocenters. The van der Waals surface area contributed by atoms with E-state index in [4.69, 9.17) is 16.3 Å². The van der Waals surface area contributed by atoms with E-state index in [0.717, 1.165) is 27.9 Å². The predicted octanol–water partition coefficient (Wildman–Crippen LogP) is 3.96. The van der Waals surface area contributed by atoms with E-state index in [1.165, 1.54) is 7.11 Å². The summed E-state index contributed by atoms with van der Waals surface area (Å²) < 4.78 is 4.84. The largest absolute Gasteiger partial charge is 0.469 e. The van der Waals surface area contributed by atoms with Crippen LogP contribution in [-0.4, -0.2) is 37.1 Å². The summed E-state index contributed by atoms with van der Waals surface area (Å²) in [6, 6.07) is 7.58. The highest BCUT2D eigenvalue weighted by Crippen LogP contribution is 2.31. The number of pyridine rings is 1. The average molecular weight is 345 g/mol. The normalized spacial score (nSPS) is 10.9. The smallest absolute Gasteiger partial charge is 0.310 e. The molecular formula is C19H21ClN2O2. The lowest BCUT2D eigenvalue weighted by Crippen LogP contribution is -2.09. The van der Waals surface area contributed by atoms with Crippen LogP contribution in [0.15, 0.2) is 36.7 Å². The van der Waals surface area contributed by atoms with Crippen molar-refractivity contribution in [1.82, 2.24) is 9.88 Å². The molecule has 24 heavy (non-hydrogen) atoms. The summed E-state index contributed by atoms with van der Waals surface area (Å²) in [7, 11) is 5.30. The minimum Gasteiger partial charge on any atom is -0.469 e. The first-order valence-corrected chi connectivity index (χ1v) is 7.96. The lowest BCUT2D eigenvalue weighted by atomic mass is 9.93. The lowest BCUT2D eigenvalue weighted by Gasteiger charge is -2.15. The van der Waals surface area contributed by atoms with Crippen LogP contribution in [0.4, 0.5) is 0 Å². The van der Waals surface area contributed by atoms with Gasteiger partial charge >= 0.3 is 5.97 Å². The quantitative estimate of drug-likeness (QED) is 0.770. The molecule has 5 heteroatoms. The average Bonchev–Trinajstić information content (AvgIpc) is 2.56. The maximum atomic E-state index is 11.9. The Kier molecular flexibility index (Phi) is 5.99. The summed E-state index contributed by atoms with van der Waals surface area (Å²) in [5.74, 6) is -0.288. The monoisotopic (exact) mass is 344 g/mol. The van der Waals surface area contributed by atoms with E-state index in [1.54, 1.807) is 0 Å². The number of hydrogen-bond donors (Lipinski definition) is 0. The number of benzene rings is 1. The van der Waals surface area contributed by atoms with E-state index < -0.39 is 0 Å². The Morgan fingerprint density at radius 1 is 1.29 bits per heavy atom. The Balaban J connectivity index is 2.65. The van der Waals surface area contributed by atoms with Gasteiger partial charge in [-0.2, -0.15) is 0 Å². The van der Waals surface area contributed by atoms with Crippen molar-refractivity contribution in [2.75, 3.05) is 21.2 Å². The van der Waals surface area contributed by atoms with Crippen LogP contribution >= 0.6 is 11.6 Å². The molecule has 4 nitrogen and oxygen atoms in total. The van der Waals surface area contributed by atoms with Gasteiger partial charge in [-0.3, -0.25) is 9.78 Å². The first-order chi connectivity index (χ1) is 11.4. The number of aromatic nitrogens is 1. The van der Waals surface area contributed by atoms with Gasteiger partial charge in [0, 0.05) is 36.6 Å². The molecule has 0 aliphatic rings. The van der Waals surface area contributed by atoms with Crippen LogP contribution in [0.25, 0.3) is 17.2 Å². The van der Waals surface area contributed by atoms with Crippen molar-refractivity contribution in [1.29, 1.82) is 0 Å². The second-order valence-electron chi connectivity index (χ2n) is 5.69. The SMILES string of the molecule is COC(=O)Cc1c(C)ncc(/C=C\N(C)C)c1-c1ccc(Cl)cc1. The molecule has 0 radical (unpaired) electrons. The van der Waals surface area contributed by atoms with E-state index >= 15 is 0 Å². The highest BCUT2D eigenvalue weighted by atomic mass is 35.5. The highest BCUT2D eigenvalue weighted by Gasteiger charge is 2.16. The summed E-state index contributed by atoms with van der Waals surface area (Å²) >= 11 is 6.01. The van der Waals surface area contributed by atoms with Crippen molar-refractivity contribution in [3.8, 4) is 11.1 Å². The van der Waals surface area contributed by atoms with Crippen LogP contribution in [-0.2, 0) is 16.0 Å². The molecule has 0 atom stereocenters. The number of halogens is 1. The maximum absolute atomic E-state index is 11.9. The molecule has 0 saturated heterocycles. The van der Waals surface area contributed by atoms with Crippen molar-refractivity contribution in [2.24, 2.45) is 0 Å². The number of ether oxygens (including phenoxy) is 1. The van der Waals surface area contributed by atoms with E-state index in [2.05, 4.69) is 4.98 Å². The number of carbonyl (C=O) groups is 1. The number of rotatable bonds is 5. The number of hydrogen-bond acceptors (Lipinski definition) is 4. The number of carbonyl (C=O) groups excluding carboxylic acids is 1. The zero-order valence-electron chi connectivity index (χ0n) is 14.3. The lowest BCUT2D eigenvalue weighted by molar-refractivity contribution is -0.139. The zero-order valence-corrected chi connectivity index (χ0v) is 15.1. The van der Waals surface area contributed by atoms with Crippen LogP contribution in [0.1, 0.15) is 16.8 Å². The van der Waals surface area contributed by atoms with Crippen LogP contribution in [0, 0.1) is 6.92 Å². The van der Waals surface area contributed by atoms with Crippen molar-refractivity contribution >= 4 is 23.6 Å². The molecular weight excluding hydrogens is 324 g/mol. The van der Waals surface area contributed by atoms with Gasteiger partial charge in [-0.1, -0.05) is 23.7 Å². The van der Waals surface area contributed by atoms with Crippen LogP contribution in [0.2, 0.25) is 5.02 Å². The number of methoxy groups -OCH3 is 1. The molecule has 0 N–H and O–H groups in total. The molecule has 0 amide bonds. The molecule has 2 rings (SSSR count). The summed E-state index contributed by atoms with van der Waals surface area (Å²) in [6.45, 7) is 1.90. The van der Waals surface area contributed by atoms with Crippen molar-refractivity contribution < 1.29 is 9.53 Å². The molecule has 0 aliphatic heterocycles. The maximum Gasteiger partial charge on any atom is 0.310 e. The van der Waals surface area contributed by atoms with Gasteiger partial charge in [-0.15, -0.1) is 0 Å². The van der Waals surface area contributed by atoms with Gasteiger partial charge in [0.05, 0.1) is 13.5 Å². The summed E-state index contributed by atoms with van der Waals surface area (Å²) in [6.07, 6.45) is 5.93. The Hall–Kier alpha value is -2.33. The molecule has 0 saturated carbocycles. The Labute approximate surface area is 147 Å². The minimum atomic E-state index is -0.288.